The van der Waals surface area contributed by atoms with Gasteiger partial charge >= 0.3 is 0 Å². The van der Waals surface area contributed by atoms with Crippen molar-refractivity contribution in [1.82, 2.24) is 14.4 Å². The highest BCUT2D eigenvalue weighted by Gasteiger charge is 2.24. The van der Waals surface area contributed by atoms with E-state index in [0.717, 1.165) is 48.8 Å². The van der Waals surface area contributed by atoms with Crippen LogP contribution in [0, 0.1) is 12.7 Å². The van der Waals surface area contributed by atoms with Crippen LogP contribution in [0.1, 0.15) is 23.6 Å². The maximum atomic E-state index is 15.6. The minimum atomic E-state index is -0.820. The van der Waals surface area contributed by atoms with Crippen LogP contribution < -0.4 is 21.2 Å². The smallest absolute Gasteiger partial charge is 0.160 e. The van der Waals surface area contributed by atoms with Crippen molar-refractivity contribution < 1.29 is 9.13 Å². The molecule has 0 saturated heterocycles. The molecule has 2 heterocycles. The topological polar surface area (TPSA) is 48.4 Å². The maximum Gasteiger partial charge on any atom is 0.160 e. The van der Waals surface area contributed by atoms with Gasteiger partial charge in [-0.15, -0.1) is 0 Å². The summed E-state index contributed by atoms with van der Waals surface area (Å²) >= 11 is 0. The van der Waals surface area contributed by atoms with Gasteiger partial charge in [0.15, 0.2) is 5.82 Å². The van der Waals surface area contributed by atoms with Crippen molar-refractivity contribution in [3.8, 4) is 5.75 Å². The Hall–Kier alpha value is -2.76. The number of aromatic nitrogens is 2. The number of para-hydroxylation sites is 1. The second-order valence-corrected chi connectivity index (χ2v) is 11.3. The van der Waals surface area contributed by atoms with Crippen molar-refractivity contribution in [1.29, 1.82) is 0 Å². The summed E-state index contributed by atoms with van der Waals surface area (Å²) in [5.41, 5.74) is 5.15. The third kappa shape index (κ3) is 4.01. The Morgan fingerprint density at radius 1 is 1.15 bits per heavy atom. The van der Waals surface area contributed by atoms with Gasteiger partial charge in [0, 0.05) is 37.0 Å². The number of nitrogens with zero attached hydrogens (tertiary/aromatic N) is 3. The molecule has 1 aliphatic rings. The zero-order chi connectivity index (χ0) is 23.8. The van der Waals surface area contributed by atoms with Crippen LogP contribution in [-0.4, -0.2) is 41.4 Å². The van der Waals surface area contributed by atoms with E-state index in [-0.39, 0.29) is 5.82 Å². The summed E-state index contributed by atoms with van der Waals surface area (Å²) in [5, 5.41) is 1.98. The Morgan fingerprint density at radius 2 is 1.97 bits per heavy atom. The zero-order valence-corrected chi connectivity index (χ0v) is 21.0. The minimum absolute atomic E-state index is 0.180. The molecule has 1 atom stereocenters. The van der Waals surface area contributed by atoms with Gasteiger partial charge < -0.3 is 10.6 Å². The largest absolute Gasteiger partial charge is 0.492 e. The van der Waals surface area contributed by atoms with Crippen LogP contribution >= 0.6 is 7.92 Å². The number of nitrogen functional groups attached to an aromatic ring is 1. The fraction of sp³-hybridized carbons (Fsp3) is 0.308. The number of ether oxygens (including phenoxy) is 1. The Morgan fingerprint density at radius 3 is 2.76 bits per heavy atom. The lowest BCUT2D eigenvalue weighted by atomic mass is 10.1. The molecule has 1 unspecified atom stereocenters. The number of aryl methyl sites for hydroxylation is 2. The van der Waals surface area contributed by atoms with E-state index in [1.807, 2.05) is 35.9 Å². The first-order chi connectivity index (χ1) is 16.5. The van der Waals surface area contributed by atoms with Gasteiger partial charge in [-0.05, 0) is 62.5 Å². The molecule has 3 aromatic carbocycles. The van der Waals surface area contributed by atoms with Gasteiger partial charge in [0.25, 0.3) is 0 Å². The van der Waals surface area contributed by atoms with Crippen LogP contribution in [0.5, 0.6) is 5.75 Å². The fourth-order valence-electron chi connectivity index (χ4n) is 4.94. The first kappa shape index (κ1) is 23.0. The summed E-state index contributed by atoms with van der Waals surface area (Å²) in [4.78, 5) is 3.88. The highest BCUT2D eigenvalue weighted by Crippen LogP contribution is 2.36. The Balaban J connectivity index is 1.44. The lowest BCUT2D eigenvalue weighted by Gasteiger charge is -2.26. The van der Waals surface area contributed by atoms with E-state index in [1.54, 1.807) is 0 Å². The Bertz CT molecular complexity index is 1330. The second-order valence-electron chi connectivity index (χ2n) is 8.85. The molecule has 8 heteroatoms. The average molecular weight is 476 g/mol. The molecule has 34 heavy (non-hydrogen) atoms. The number of nitrogens with two attached hydrogens (primary N) is 1. The van der Waals surface area contributed by atoms with Crippen LogP contribution in [0.4, 0.5) is 4.39 Å². The summed E-state index contributed by atoms with van der Waals surface area (Å²) in [6.45, 7) is 8.16. The van der Waals surface area contributed by atoms with Gasteiger partial charge in [0.05, 0.1) is 5.52 Å². The van der Waals surface area contributed by atoms with E-state index in [4.69, 9.17) is 10.6 Å². The Labute approximate surface area is 202 Å². The van der Waals surface area contributed by atoms with Crippen LogP contribution in [0.2, 0.25) is 0 Å². The number of hydrogen-bond donors (Lipinski definition) is 1. The molecule has 5 rings (SSSR count). The van der Waals surface area contributed by atoms with E-state index in [1.165, 1.54) is 26.8 Å². The molecule has 0 aliphatic carbocycles. The van der Waals surface area contributed by atoms with Gasteiger partial charge in [-0.25, -0.2) is 4.39 Å². The highest BCUT2D eigenvalue weighted by molar-refractivity contribution is 7.74. The quantitative estimate of drug-likeness (QED) is 0.265. The van der Waals surface area contributed by atoms with E-state index >= 15 is 4.39 Å². The summed E-state index contributed by atoms with van der Waals surface area (Å²) in [5.74, 6) is 6.90. The molecule has 5 nitrogen and oxygen atoms in total. The summed E-state index contributed by atoms with van der Waals surface area (Å²) in [7, 11) is 1.32. The van der Waals surface area contributed by atoms with Gasteiger partial charge in [0.1, 0.15) is 25.7 Å². The van der Waals surface area contributed by atoms with Crippen molar-refractivity contribution in [2.75, 3.05) is 25.1 Å². The third-order valence-electron chi connectivity index (χ3n) is 6.82. The molecule has 4 aromatic rings. The van der Waals surface area contributed by atoms with Crippen molar-refractivity contribution in [3.63, 3.8) is 0 Å². The third-order valence-corrected chi connectivity index (χ3v) is 9.28. The normalized spacial score (nSPS) is 15.1. The lowest BCUT2D eigenvalue weighted by Crippen LogP contribution is -2.32. The Kier molecular flexibility index (Phi) is 6.41. The van der Waals surface area contributed by atoms with Crippen molar-refractivity contribution >= 4 is 37.4 Å². The SMILES string of the molecule is BCP(c1ccc(C)c(CN2CCOc3ccccc3C2)c1)c1ccc2c(c1F)n(N)n2CC. The van der Waals surface area contributed by atoms with Crippen molar-refractivity contribution in [2.24, 2.45) is 0 Å². The molecule has 176 valence electrons. The molecule has 0 radical (unpaired) electrons. The minimum Gasteiger partial charge on any atom is -0.492 e. The van der Waals surface area contributed by atoms with Crippen molar-refractivity contribution in [3.05, 3.63) is 77.1 Å². The van der Waals surface area contributed by atoms with Gasteiger partial charge in [0.2, 0.25) is 0 Å². The number of rotatable bonds is 6. The van der Waals surface area contributed by atoms with Crippen LogP contribution in [-0.2, 0) is 19.6 Å². The zero-order valence-electron chi connectivity index (χ0n) is 20.1. The summed E-state index contributed by atoms with van der Waals surface area (Å²) in [6.07, 6.45) is 0. The number of benzene rings is 3. The lowest BCUT2D eigenvalue weighted by molar-refractivity contribution is 0.219. The number of halogens is 1. The van der Waals surface area contributed by atoms with Gasteiger partial charge in [-0.1, -0.05) is 36.4 Å². The molecule has 0 fully saturated rings. The molecule has 2 N–H and O–H groups in total. The molecular formula is C26H31BFN4OP. The first-order valence-electron chi connectivity index (χ1n) is 12.0. The van der Waals surface area contributed by atoms with Gasteiger partial charge in [-0.3, -0.25) is 9.58 Å². The number of hydrogen-bond acceptors (Lipinski definition) is 3. The van der Waals surface area contributed by atoms with E-state index in [2.05, 4.69) is 50.0 Å². The van der Waals surface area contributed by atoms with Crippen LogP contribution in [0.15, 0.2) is 54.6 Å². The van der Waals surface area contributed by atoms with Crippen LogP contribution in [0.25, 0.3) is 11.0 Å². The molecular weight excluding hydrogens is 445 g/mol. The molecule has 1 aromatic heterocycles. The fourth-order valence-corrected chi connectivity index (χ4v) is 7.08. The predicted molar refractivity (Wildman–Crippen MR) is 143 cm³/mol. The van der Waals surface area contributed by atoms with Crippen LogP contribution in [0.3, 0.4) is 0 Å². The first-order valence-corrected chi connectivity index (χ1v) is 13.5. The second kappa shape index (κ2) is 9.48. The standard InChI is InChI=1S/C26H31BFN4OP/c1-3-31-22-10-11-24(25(28)26(22)32(31)29)34(17-27)21-9-8-18(2)20(14-21)16-30-12-13-33-23-7-5-4-6-19(23)15-30/h4-11,14H,3,12-13,15-17,27,29H2,1-2H3. The molecule has 0 amide bonds. The average Bonchev–Trinajstić information content (AvgIpc) is 3.04. The molecule has 0 saturated carbocycles. The molecule has 1 aliphatic heterocycles. The number of fused-ring (bicyclic) bond motifs is 2. The maximum absolute atomic E-state index is 15.6. The van der Waals surface area contributed by atoms with Gasteiger partial charge in [-0.2, -0.15) is 4.79 Å². The van der Waals surface area contributed by atoms with E-state index in [9.17, 15) is 0 Å². The monoisotopic (exact) mass is 476 g/mol. The molecule has 0 spiro atoms. The van der Waals surface area contributed by atoms with Crippen molar-refractivity contribution in [2.45, 2.75) is 33.5 Å². The summed E-state index contributed by atoms with van der Waals surface area (Å²) < 4.78 is 23.4. The van der Waals surface area contributed by atoms with E-state index < -0.39 is 7.92 Å². The highest BCUT2D eigenvalue weighted by atomic mass is 31.1. The van der Waals surface area contributed by atoms with E-state index in [0.29, 0.717) is 12.1 Å². The summed E-state index contributed by atoms with van der Waals surface area (Å²) in [6, 6.07) is 19.8. The predicted octanol–water partition coefficient (Wildman–Crippen LogP) is 3.04. The molecule has 0 bridgehead atoms.